The molecule has 0 bridgehead atoms. The van der Waals surface area contributed by atoms with Gasteiger partial charge in [-0.25, -0.2) is 0 Å². The van der Waals surface area contributed by atoms with Crippen LogP contribution in [-0.2, 0) is 0 Å². The lowest BCUT2D eigenvalue weighted by Crippen LogP contribution is -2.21. The number of rotatable bonds is 4. The Morgan fingerprint density at radius 1 is 1.05 bits per heavy atom. The predicted octanol–water partition coefficient (Wildman–Crippen LogP) is 4.72. The van der Waals surface area contributed by atoms with Crippen molar-refractivity contribution in [1.82, 2.24) is 0 Å². The van der Waals surface area contributed by atoms with Crippen LogP contribution in [0.4, 0.5) is 5.69 Å². The molecule has 0 spiro atoms. The van der Waals surface area contributed by atoms with Gasteiger partial charge in [-0.2, -0.15) is 0 Å². The maximum atomic E-state index is 6.15. The third-order valence-corrected chi connectivity index (χ3v) is 4.00. The minimum atomic E-state index is 0.0334. The number of benzene rings is 2. The van der Waals surface area contributed by atoms with E-state index in [1.165, 1.54) is 0 Å². The summed E-state index contributed by atoms with van der Waals surface area (Å²) in [6.07, 6.45) is 0. The summed E-state index contributed by atoms with van der Waals surface area (Å²) in [4.78, 5) is 0. The van der Waals surface area contributed by atoms with Crippen molar-refractivity contribution in [3.63, 3.8) is 0 Å². The summed E-state index contributed by atoms with van der Waals surface area (Å²) >= 11 is 12.1. The molecule has 0 saturated heterocycles. The summed E-state index contributed by atoms with van der Waals surface area (Å²) < 4.78 is 0. The molecule has 0 saturated carbocycles. The summed E-state index contributed by atoms with van der Waals surface area (Å²) in [7, 11) is 0. The van der Waals surface area contributed by atoms with Gasteiger partial charge < -0.3 is 11.1 Å². The molecule has 4 heteroatoms. The Morgan fingerprint density at radius 2 is 1.80 bits per heavy atom. The predicted molar refractivity (Wildman–Crippen MR) is 87.8 cm³/mol. The highest BCUT2D eigenvalue weighted by atomic mass is 35.5. The Hall–Kier alpha value is -1.22. The smallest absolute Gasteiger partial charge is 0.0638 e. The highest BCUT2D eigenvalue weighted by Crippen LogP contribution is 2.26. The standard InChI is InChI=1S/C16H18Cl2N2/c1-10-3-5-13(8-15(10)18)20-16(9-19)14-6-4-12(17)7-11(14)2/h3-8,16,20H,9,19H2,1-2H3. The van der Waals surface area contributed by atoms with Crippen molar-refractivity contribution in [3.8, 4) is 0 Å². The average molecular weight is 309 g/mol. The topological polar surface area (TPSA) is 38.0 Å². The minimum Gasteiger partial charge on any atom is -0.377 e. The molecule has 0 aliphatic heterocycles. The van der Waals surface area contributed by atoms with Gasteiger partial charge >= 0.3 is 0 Å². The monoisotopic (exact) mass is 308 g/mol. The molecule has 2 aromatic rings. The third-order valence-electron chi connectivity index (χ3n) is 3.36. The zero-order chi connectivity index (χ0) is 14.7. The van der Waals surface area contributed by atoms with Gasteiger partial charge in [0, 0.05) is 22.3 Å². The zero-order valence-corrected chi connectivity index (χ0v) is 13.1. The van der Waals surface area contributed by atoms with E-state index in [1.807, 2.05) is 50.2 Å². The lowest BCUT2D eigenvalue weighted by atomic mass is 10.0. The van der Waals surface area contributed by atoms with Crippen LogP contribution in [0, 0.1) is 13.8 Å². The van der Waals surface area contributed by atoms with Gasteiger partial charge in [-0.3, -0.25) is 0 Å². The van der Waals surface area contributed by atoms with Crippen LogP contribution in [0.25, 0.3) is 0 Å². The molecule has 106 valence electrons. The summed E-state index contributed by atoms with van der Waals surface area (Å²) in [6, 6.07) is 11.8. The largest absolute Gasteiger partial charge is 0.377 e. The molecule has 1 unspecified atom stereocenters. The van der Waals surface area contributed by atoms with E-state index in [-0.39, 0.29) is 6.04 Å². The Labute approximate surface area is 129 Å². The van der Waals surface area contributed by atoms with Crippen LogP contribution in [0.2, 0.25) is 10.0 Å². The van der Waals surface area contributed by atoms with E-state index in [9.17, 15) is 0 Å². The van der Waals surface area contributed by atoms with Gasteiger partial charge in [0.25, 0.3) is 0 Å². The lowest BCUT2D eigenvalue weighted by Gasteiger charge is -2.21. The minimum absolute atomic E-state index is 0.0334. The van der Waals surface area contributed by atoms with E-state index >= 15 is 0 Å². The van der Waals surface area contributed by atoms with Crippen LogP contribution in [0.3, 0.4) is 0 Å². The Morgan fingerprint density at radius 3 is 2.40 bits per heavy atom. The second kappa shape index (κ2) is 6.49. The first kappa shape index (κ1) is 15.2. The van der Waals surface area contributed by atoms with Crippen molar-refractivity contribution < 1.29 is 0 Å². The van der Waals surface area contributed by atoms with Crippen molar-refractivity contribution in [2.24, 2.45) is 5.73 Å². The van der Waals surface area contributed by atoms with Crippen LogP contribution in [0.1, 0.15) is 22.7 Å². The molecule has 0 fully saturated rings. The molecule has 0 aromatic heterocycles. The van der Waals surface area contributed by atoms with E-state index in [1.54, 1.807) is 0 Å². The second-order valence-electron chi connectivity index (χ2n) is 4.90. The SMILES string of the molecule is Cc1ccc(NC(CN)c2ccc(Cl)cc2C)cc1Cl. The van der Waals surface area contributed by atoms with Gasteiger partial charge in [0.1, 0.15) is 0 Å². The molecule has 0 radical (unpaired) electrons. The van der Waals surface area contributed by atoms with Crippen molar-refractivity contribution >= 4 is 28.9 Å². The molecule has 3 N–H and O–H groups in total. The van der Waals surface area contributed by atoms with Crippen LogP contribution >= 0.6 is 23.2 Å². The Balaban J connectivity index is 2.26. The molecule has 1 atom stereocenters. The third kappa shape index (κ3) is 3.45. The number of aryl methyl sites for hydroxylation is 2. The number of nitrogens with two attached hydrogens (primary N) is 1. The summed E-state index contributed by atoms with van der Waals surface area (Å²) in [6.45, 7) is 4.51. The van der Waals surface area contributed by atoms with Gasteiger partial charge in [-0.15, -0.1) is 0 Å². The van der Waals surface area contributed by atoms with Gasteiger partial charge in [0.2, 0.25) is 0 Å². The fraction of sp³-hybridized carbons (Fsp3) is 0.250. The first-order chi connectivity index (χ1) is 9.51. The highest BCUT2D eigenvalue weighted by Gasteiger charge is 2.12. The molecule has 0 aliphatic carbocycles. The number of hydrogen-bond donors (Lipinski definition) is 2. The molecule has 0 aliphatic rings. The van der Waals surface area contributed by atoms with Crippen LogP contribution in [-0.4, -0.2) is 6.54 Å². The van der Waals surface area contributed by atoms with Gasteiger partial charge in [0.05, 0.1) is 6.04 Å². The molecule has 2 rings (SSSR count). The molecule has 20 heavy (non-hydrogen) atoms. The van der Waals surface area contributed by atoms with E-state index in [0.717, 1.165) is 32.4 Å². The van der Waals surface area contributed by atoms with Crippen LogP contribution in [0.15, 0.2) is 36.4 Å². The number of nitrogens with one attached hydrogen (secondary N) is 1. The normalized spacial score (nSPS) is 12.2. The number of anilines is 1. The van der Waals surface area contributed by atoms with Crippen molar-refractivity contribution in [3.05, 3.63) is 63.1 Å². The fourth-order valence-corrected chi connectivity index (χ4v) is 2.58. The van der Waals surface area contributed by atoms with Gasteiger partial charge in [-0.1, -0.05) is 35.3 Å². The summed E-state index contributed by atoms with van der Waals surface area (Å²) in [5.74, 6) is 0. The average Bonchev–Trinajstić information content (AvgIpc) is 2.41. The van der Waals surface area contributed by atoms with Crippen molar-refractivity contribution in [1.29, 1.82) is 0 Å². The molecule has 0 amide bonds. The summed E-state index contributed by atoms with van der Waals surface area (Å²) in [5.41, 5.74) is 10.2. The molecule has 0 heterocycles. The van der Waals surface area contributed by atoms with E-state index in [0.29, 0.717) is 6.54 Å². The quantitative estimate of drug-likeness (QED) is 0.857. The van der Waals surface area contributed by atoms with Crippen molar-refractivity contribution in [2.45, 2.75) is 19.9 Å². The Bertz CT molecular complexity index is 611. The molecular formula is C16H18Cl2N2. The first-order valence-electron chi connectivity index (χ1n) is 6.50. The van der Waals surface area contributed by atoms with Gasteiger partial charge in [-0.05, 0) is 54.8 Å². The van der Waals surface area contributed by atoms with Gasteiger partial charge in [0.15, 0.2) is 0 Å². The van der Waals surface area contributed by atoms with Crippen LogP contribution < -0.4 is 11.1 Å². The van der Waals surface area contributed by atoms with E-state index in [4.69, 9.17) is 28.9 Å². The molecular weight excluding hydrogens is 291 g/mol. The first-order valence-corrected chi connectivity index (χ1v) is 7.25. The zero-order valence-electron chi connectivity index (χ0n) is 11.6. The number of halogens is 2. The molecule has 2 nitrogen and oxygen atoms in total. The fourth-order valence-electron chi connectivity index (χ4n) is 2.18. The Kier molecular flexibility index (Phi) is 4.92. The second-order valence-corrected chi connectivity index (χ2v) is 5.74. The maximum Gasteiger partial charge on any atom is 0.0638 e. The van der Waals surface area contributed by atoms with Crippen molar-refractivity contribution in [2.75, 3.05) is 11.9 Å². The van der Waals surface area contributed by atoms with E-state index in [2.05, 4.69) is 5.32 Å². The molecule has 2 aromatic carbocycles. The number of hydrogen-bond acceptors (Lipinski definition) is 2. The van der Waals surface area contributed by atoms with Crippen LogP contribution in [0.5, 0.6) is 0 Å². The maximum absolute atomic E-state index is 6.15. The van der Waals surface area contributed by atoms with E-state index < -0.39 is 0 Å². The summed E-state index contributed by atoms with van der Waals surface area (Å²) in [5, 5.41) is 4.91. The highest BCUT2D eigenvalue weighted by molar-refractivity contribution is 6.31. The lowest BCUT2D eigenvalue weighted by molar-refractivity contribution is 0.783.